The van der Waals surface area contributed by atoms with Gasteiger partial charge in [-0.25, -0.2) is 4.98 Å². The van der Waals surface area contributed by atoms with Crippen LogP contribution in [0.5, 0.6) is 23.0 Å². The third-order valence-corrected chi connectivity index (χ3v) is 10.9. The Kier molecular flexibility index (Phi) is 12.7. The van der Waals surface area contributed by atoms with Gasteiger partial charge in [0.05, 0.1) is 54.0 Å². The number of amides is 3. The molecule has 1 unspecified atom stereocenters. The van der Waals surface area contributed by atoms with E-state index in [4.69, 9.17) is 23.9 Å². The number of hydrogen-bond acceptors (Lipinski definition) is 12. The second-order valence-corrected chi connectivity index (χ2v) is 14.9. The van der Waals surface area contributed by atoms with Crippen molar-refractivity contribution in [3.63, 3.8) is 0 Å². The van der Waals surface area contributed by atoms with Crippen molar-refractivity contribution < 1.29 is 33.3 Å². The van der Waals surface area contributed by atoms with Crippen LogP contribution in [0.2, 0.25) is 0 Å². The van der Waals surface area contributed by atoms with Crippen LogP contribution in [-0.4, -0.2) is 120 Å². The molecular formula is C43H51N9O7. The highest BCUT2D eigenvalue weighted by atomic mass is 16.5. The molecule has 3 aromatic carbocycles. The van der Waals surface area contributed by atoms with Gasteiger partial charge in [-0.3, -0.25) is 14.4 Å². The molecule has 7 rings (SSSR count). The van der Waals surface area contributed by atoms with Gasteiger partial charge in [0, 0.05) is 67.4 Å². The summed E-state index contributed by atoms with van der Waals surface area (Å²) in [6.07, 6.45) is 3.05. The van der Waals surface area contributed by atoms with Gasteiger partial charge in [-0.05, 0) is 72.7 Å². The molecule has 0 radical (unpaired) electrons. The van der Waals surface area contributed by atoms with Crippen molar-refractivity contribution >= 4 is 34.4 Å². The number of benzene rings is 3. The predicted molar refractivity (Wildman–Crippen MR) is 221 cm³/mol. The van der Waals surface area contributed by atoms with Crippen LogP contribution in [0, 0.1) is 5.92 Å². The normalized spacial score (nSPS) is 16.6. The lowest BCUT2D eigenvalue weighted by Gasteiger charge is -2.36. The Morgan fingerprint density at radius 1 is 0.847 bits per heavy atom. The number of aromatic nitrogens is 5. The van der Waals surface area contributed by atoms with Gasteiger partial charge in [-0.15, -0.1) is 10.2 Å². The Morgan fingerprint density at radius 2 is 1.63 bits per heavy atom. The molecule has 0 saturated carbocycles. The summed E-state index contributed by atoms with van der Waals surface area (Å²) in [5.74, 6) is 2.90. The van der Waals surface area contributed by atoms with E-state index in [1.54, 1.807) is 52.5 Å². The molecule has 0 spiro atoms. The van der Waals surface area contributed by atoms with Crippen molar-refractivity contribution in [1.82, 2.24) is 40.3 Å². The number of carbonyl (C=O) groups excluding carboxylic acids is 3. The summed E-state index contributed by atoms with van der Waals surface area (Å²) in [5.41, 5.74) is 3.53. The second-order valence-electron chi connectivity index (χ2n) is 14.9. The summed E-state index contributed by atoms with van der Waals surface area (Å²) in [7, 11) is 8.01. The fraction of sp³-hybridized carbons (Fsp3) is 0.419. The number of tetrazole rings is 1. The molecule has 0 aliphatic carbocycles. The number of aryl methyl sites for hydroxylation is 1. The molecule has 16 heteroatoms. The lowest BCUT2D eigenvalue weighted by Crippen LogP contribution is -2.46. The number of hydrogen-bond donors (Lipinski definition) is 1. The highest BCUT2D eigenvalue weighted by molar-refractivity contribution is 5.95. The molecule has 2 aliphatic rings. The molecule has 1 atom stereocenters. The van der Waals surface area contributed by atoms with E-state index in [2.05, 4.69) is 25.6 Å². The number of rotatable bonds is 8. The molecule has 16 nitrogen and oxygen atoms in total. The minimum Gasteiger partial charge on any atom is -0.497 e. The first-order valence-corrected chi connectivity index (χ1v) is 19.9. The van der Waals surface area contributed by atoms with E-state index in [0.717, 1.165) is 47.3 Å². The minimum absolute atomic E-state index is 0.0572. The average Bonchev–Trinajstić information content (AvgIpc) is 3.70. The number of piperidine rings is 1. The van der Waals surface area contributed by atoms with Crippen LogP contribution in [0.25, 0.3) is 22.3 Å². The van der Waals surface area contributed by atoms with Crippen LogP contribution >= 0.6 is 0 Å². The second kappa shape index (κ2) is 18.4. The maximum atomic E-state index is 14.6. The minimum atomic E-state index is -0.206. The van der Waals surface area contributed by atoms with E-state index >= 15 is 0 Å². The fourth-order valence-corrected chi connectivity index (χ4v) is 7.89. The van der Waals surface area contributed by atoms with Gasteiger partial charge in [0.2, 0.25) is 23.4 Å². The van der Waals surface area contributed by atoms with Crippen molar-refractivity contribution in [2.24, 2.45) is 13.0 Å². The van der Waals surface area contributed by atoms with Crippen LogP contribution in [-0.2, 0) is 29.6 Å². The summed E-state index contributed by atoms with van der Waals surface area (Å²) in [5, 5.41) is 16.2. The maximum Gasteiger partial charge on any atom is 0.254 e. The molecule has 2 bridgehead atoms. The molecule has 5 aromatic rings. The van der Waals surface area contributed by atoms with E-state index in [9.17, 15) is 14.4 Å². The monoisotopic (exact) mass is 805 g/mol. The molecule has 310 valence electrons. The van der Waals surface area contributed by atoms with E-state index in [0.29, 0.717) is 78.9 Å². The van der Waals surface area contributed by atoms with Gasteiger partial charge in [-0.2, -0.15) is 4.80 Å². The van der Waals surface area contributed by atoms with Crippen molar-refractivity contribution in [3.8, 4) is 34.4 Å². The Hall–Kier alpha value is -6.45. The Balaban J connectivity index is 1.25. The van der Waals surface area contributed by atoms with Crippen LogP contribution in [0.4, 0.5) is 5.82 Å². The fourth-order valence-electron chi connectivity index (χ4n) is 7.89. The molecule has 2 aromatic heterocycles. The summed E-state index contributed by atoms with van der Waals surface area (Å²) >= 11 is 0. The summed E-state index contributed by atoms with van der Waals surface area (Å²) in [6, 6.07) is 18.5. The highest BCUT2D eigenvalue weighted by Crippen LogP contribution is 2.44. The van der Waals surface area contributed by atoms with Crippen molar-refractivity contribution in [1.29, 1.82) is 0 Å². The van der Waals surface area contributed by atoms with Crippen molar-refractivity contribution in [3.05, 3.63) is 77.4 Å². The molecule has 1 saturated heterocycles. The van der Waals surface area contributed by atoms with E-state index in [-0.39, 0.29) is 43.1 Å². The maximum absolute atomic E-state index is 14.6. The zero-order valence-electron chi connectivity index (χ0n) is 34.3. The number of pyridine rings is 1. The van der Waals surface area contributed by atoms with Gasteiger partial charge in [0.1, 0.15) is 11.6 Å². The largest absolute Gasteiger partial charge is 0.497 e. The Morgan fingerprint density at radius 3 is 2.34 bits per heavy atom. The quantitative estimate of drug-likeness (QED) is 0.237. The van der Waals surface area contributed by atoms with Gasteiger partial charge in [0.15, 0.2) is 11.5 Å². The molecule has 3 amide bonds. The van der Waals surface area contributed by atoms with Crippen LogP contribution in [0.15, 0.2) is 60.7 Å². The van der Waals surface area contributed by atoms with E-state index in [1.165, 1.54) is 4.80 Å². The number of ether oxygens (including phenoxy) is 4. The van der Waals surface area contributed by atoms with Gasteiger partial charge in [-0.1, -0.05) is 24.3 Å². The Labute approximate surface area is 343 Å². The van der Waals surface area contributed by atoms with Crippen LogP contribution in [0.1, 0.15) is 47.2 Å². The third-order valence-electron chi connectivity index (χ3n) is 10.9. The van der Waals surface area contributed by atoms with Crippen LogP contribution in [0.3, 0.4) is 0 Å². The highest BCUT2D eigenvalue weighted by Gasteiger charge is 2.29. The van der Waals surface area contributed by atoms with Gasteiger partial charge < -0.3 is 39.0 Å². The summed E-state index contributed by atoms with van der Waals surface area (Å²) < 4.78 is 22.7. The first-order valence-electron chi connectivity index (χ1n) is 19.9. The number of carbonyl (C=O) groups is 3. The molecule has 2 aliphatic heterocycles. The van der Waals surface area contributed by atoms with Crippen molar-refractivity contribution in [2.45, 2.75) is 38.6 Å². The predicted octanol–water partition coefficient (Wildman–Crippen LogP) is 4.30. The molecule has 4 heterocycles. The lowest BCUT2D eigenvalue weighted by atomic mass is 9.97. The smallest absolute Gasteiger partial charge is 0.254 e. The number of anilines is 1. The first kappa shape index (κ1) is 40.7. The third kappa shape index (κ3) is 9.32. The SMILES string of the molecule is COc1cccc(CC(=O)N2CCCCN(C(=O)c3ccc(-c4nnn(C)n4)cc3)Cc3cc4c(OC)c(OC)c(OC)cc4nc3N3CCCC(CNC(=O)C2)C3)c1. The number of fused-ring (bicyclic) bond motifs is 5. The molecular weight excluding hydrogens is 755 g/mol. The van der Waals surface area contributed by atoms with Crippen molar-refractivity contribution in [2.75, 3.05) is 72.6 Å². The standard InChI is InChI=1S/C43H51N9O7/c1-49-47-41(46-48-49)30-13-15-31(16-14-30)43(55)52-18-7-6-17-50(38(54)21-28-10-8-12-33(20-28)56-2)27-37(53)44-24-29-11-9-19-51(25-29)42-32(26-52)22-34-35(45-42)23-36(57-3)40(59-5)39(34)58-4/h8,10,12-16,20,22-23,29H,6-7,9,11,17-19,21,24-27H2,1-5H3,(H,44,53). The average molecular weight is 806 g/mol. The summed E-state index contributed by atoms with van der Waals surface area (Å²) in [4.78, 5) is 54.2. The summed E-state index contributed by atoms with van der Waals surface area (Å²) in [6.45, 7) is 2.76. The number of nitrogens with one attached hydrogen (secondary N) is 1. The Bertz CT molecular complexity index is 2300. The van der Waals surface area contributed by atoms with Gasteiger partial charge >= 0.3 is 0 Å². The topological polar surface area (TPSA) is 166 Å². The lowest BCUT2D eigenvalue weighted by molar-refractivity contribution is -0.135. The number of nitrogens with zero attached hydrogens (tertiary/aromatic N) is 8. The zero-order chi connectivity index (χ0) is 41.5. The molecule has 1 fully saturated rings. The van der Waals surface area contributed by atoms with E-state index < -0.39 is 0 Å². The molecule has 1 N–H and O–H groups in total. The first-order chi connectivity index (χ1) is 28.7. The number of methoxy groups -OCH3 is 4. The zero-order valence-corrected chi connectivity index (χ0v) is 34.3. The molecule has 59 heavy (non-hydrogen) atoms. The van der Waals surface area contributed by atoms with Gasteiger partial charge in [0.25, 0.3) is 5.91 Å². The van der Waals surface area contributed by atoms with E-state index in [1.807, 2.05) is 53.4 Å². The van der Waals surface area contributed by atoms with Crippen LogP contribution < -0.4 is 29.2 Å².